The molecule has 3 N–H and O–H groups in total. The first-order valence-electron chi connectivity index (χ1n) is 14.5. The summed E-state index contributed by atoms with van der Waals surface area (Å²) in [5.41, 5.74) is 10.5. The van der Waals surface area contributed by atoms with Gasteiger partial charge < -0.3 is 25.4 Å². The van der Waals surface area contributed by atoms with Crippen molar-refractivity contribution in [3.8, 4) is 17.2 Å². The number of hydrogen-bond acceptors (Lipinski definition) is 7. The lowest BCUT2D eigenvalue weighted by atomic mass is 10.0. The van der Waals surface area contributed by atoms with Gasteiger partial charge in [-0.1, -0.05) is 13.0 Å². The van der Waals surface area contributed by atoms with Crippen molar-refractivity contribution < 1.29 is 19.1 Å². The number of ether oxygens (including phenoxy) is 2. The quantitative estimate of drug-likeness (QED) is 0.468. The third-order valence-corrected chi connectivity index (χ3v) is 8.42. The first-order chi connectivity index (χ1) is 19.9. The summed E-state index contributed by atoms with van der Waals surface area (Å²) in [5.74, 6) is 3.36. The average molecular weight is 556 g/mol. The molecule has 9 heteroatoms. The van der Waals surface area contributed by atoms with E-state index in [9.17, 15) is 9.59 Å². The highest BCUT2D eigenvalue weighted by molar-refractivity contribution is 5.93. The van der Waals surface area contributed by atoms with Gasteiger partial charge in [-0.25, -0.2) is 4.98 Å². The summed E-state index contributed by atoms with van der Waals surface area (Å²) in [5, 5.41) is 2.79. The minimum absolute atomic E-state index is 0.00612. The number of rotatable bonds is 6. The highest BCUT2D eigenvalue weighted by Crippen LogP contribution is 2.54. The molecule has 1 saturated heterocycles. The second-order valence-electron chi connectivity index (χ2n) is 11.2. The van der Waals surface area contributed by atoms with E-state index in [0.29, 0.717) is 36.2 Å². The number of anilines is 1. The summed E-state index contributed by atoms with van der Waals surface area (Å²) in [6.45, 7) is 10.9. The largest absolute Gasteiger partial charge is 0.489 e. The normalized spacial score (nSPS) is 20.9. The van der Waals surface area contributed by atoms with Crippen LogP contribution in [0.2, 0.25) is 0 Å². The van der Waals surface area contributed by atoms with Gasteiger partial charge in [0.1, 0.15) is 29.2 Å². The molecule has 2 amide bonds. The number of benzene rings is 2. The van der Waals surface area contributed by atoms with Gasteiger partial charge in [-0.15, -0.1) is 0 Å². The van der Waals surface area contributed by atoms with E-state index in [1.54, 1.807) is 6.20 Å². The Kier molecular flexibility index (Phi) is 7.64. The number of fused-ring (bicyclic) bond motifs is 4. The molecule has 41 heavy (non-hydrogen) atoms. The summed E-state index contributed by atoms with van der Waals surface area (Å²) in [6, 6.07) is 13.6. The van der Waals surface area contributed by atoms with E-state index in [2.05, 4.69) is 33.1 Å². The summed E-state index contributed by atoms with van der Waals surface area (Å²) in [6.07, 6.45) is 4.29. The number of hydrogen-bond donors (Lipinski definition) is 2. The second-order valence-corrected chi connectivity index (χ2v) is 11.2. The van der Waals surface area contributed by atoms with Gasteiger partial charge in [0, 0.05) is 67.9 Å². The molecule has 0 radical (unpaired) electrons. The van der Waals surface area contributed by atoms with Gasteiger partial charge in [0.2, 0.25) is 11.8 Å². The van der Waals surface area contributed by atoms with Gasteiger partial charge in [0.25, 0.3) is 0 Å². The molecule has 2 fully saturated rings. The molecule has 2 aromatic carbocycles. The van der Waals surface area contributed by atoms with Crippen molar-refractivity contribution in [2.45, 2.75) is 51.7 Å². The van der Waals surface area contributed by atoms with Crippen LogP contribution in [0.3, 0.4) is 0 Å². The lowest BCUT2D eigenvalue weighted by molar-refractivity contribution is -0.116. The van der Waals surface area contributed by atoms with Gasteiger partial charge in [0.05, 0.1) is 0 Å². The van der Waals surface area contributed by atoms with Crippen LogP contribution in [0.5, 0.6) is 17.2 Å². The zero-order valence-electron chi connectivity index (χ0n) is 23.7. The zero-order valence-corrected chi connectivity index (χ0v) is 23.7. The van der Waals surface area contributed by atoms with Crippen LogP contribution in [-0.4, -0.2) is 65.4 Å². The SMILES string of the molecule is CCN1CCN(Cc2ccc(C(N)=O)cc2C)CC1.O=C1CCc2c(Oc3ccc4c(c3)C3CC3O4)ccnc2N1. The first kappa shape index (κ1) is 27.2. The average Bonchev–Trinajstić information content (AvgIpc) is 3.66. The molecule has 1 saturated carbocycles. The summed E-state index contributed by atoms with van der Waals surface area (Å²) >= 11 is 0. The number of carbonyl (C=O) groups excluding carboxylic acids is 2. The van der Waals surface area contributed by atoms with Crippen LogP contribution in [0.25, 0.3) is 0 Å². The van der Waals surface area contributed by atoms with E-state index < -0.39 is 0 Å². The number of carbonyl (C=O) groups is 2. The number of pyridine rings is 1. The molecule has 1 aliphatic carbocycles. The standard InChI is InChI=1S/C17H14N2O3.C15H23N3O/c20-16-4-2-10-14(5-6-18-17(10)19-16)21-9-1-3-13-11(7-9)12-8-15(12)22-13;1-3-17-6-8-18(9-7-17)11-14-5-4-13(15(16)19)10-12(14)2/h1,3,5-7,12,15H,2,4,8H2,(H,18,19,20);4-5,10H,3,6-9,11H2,1-2H3,(H2,16,19). The summed E-state index contributed by atoms with van der Waals surface area (Å²) in [4.78, 5) is 31.7. The number of nitrogens with two attached hydrogens (primary N) is 1. The van der Waals surface area contributed by atoms with E-state index in [4.69, 9.17) is 15.2 Å². The molecular weight excluding hydrogens is 518 g/mol. The predicted molar refractivity (Wildman–Crippen MR) is 157 cm³/mol. The van der Waals surface area contributed by atoms with Crippen molar-refractivity contribution >= 4 is 17.6 Å². The number of piperazine rings is 1. The maximum atomic E-state index is 11.5. The number of primary amides is 1. The predicted octanol–water partition coefficient (Wildman–Crippen LogP) is 4.24. The molecular formula is C32H37N5O4. The van der Waals surface area contributed by atoms with Crippen molar-refractivity contribution in [3.63, 3.8) is 0 Å². The van der Waals surface area contributed by atoms with E-state index >= 15 is 0 Å². The van der Waals surface area contributed by atoms with Crippen LogP contribution < -0.4 is 20.5 Å². The van der Waals surface area contributed by atoms with Crippen molar-refractivity contribution in [1.29, 1.82) is 0 Å². The molecule has 9 nitrogen and oxygen atoms in total. The van der Waals surface area contributed by atoms with Gasteiger partial charge in [-0.2, -0.15) is 0 Å². The van der Waals surface area contributed by atoms with E-state index in [0.717, 1.165) is 74.1 Å². The van der Waals surface area contributed by atoms with Crippen LogP contribution >= 0.6 is 0 Å². The Labute approximate surface area is 240 Å². The minimum atomic E-state index is -0.355. The number of nitrogens with one attached hydrogen (secondary N) is 1. The fourth-order valence-electron chi connectivity index (χ4n) is 5.79. The van der Waals surface area contributed by atoms with Crippen molar-refractivity contribution in [3.05, 3.63) is 76.5 Å². The Morgan fingerprint density at radius 3 is 2.66 bits per heavy atom. The summed E-state index contributed by atoms with van der Waals surface area (Å²) in [7, 11) is 0. The lowest BCUT2D eigenvalue weighted by Gasteiger charge is -2.34. The number of likely N-dealkylation sites (N-methyl/N-ethyl adjacent to an activating group) is 1. The van der Waals surface area contributed by atoms with Crippen molar-refractivity contribution in [2.24, 2.45) is 5.73 Å². The van der Waals surface area contributed by atoms with Crippen molar-refractivity contribution in [2.75, 3.05) is 38.0 Å². The van der Waals surface area contributed by atoms with Gasteiger partial charge >= 0.3 is 0 Å². The Morgan fingerprint density at radius 1 is 1.10 bits per heavy atom. The second kappa shape index (κ2) is 11.5. The molecule has 3 aliphatic heterocycles. The molecule has 3 aromatic rings. The van der Waals surface area contributed by atoms with Gasteiger partial charge in [0.15, 0.2) is 0 Å². The molecule has 4 aliphatic rings. The molecule has 214 valence electrons. The molecule has 0 spiro atoms. The van der Waals surface area contributed by atoms with Crippen LogP contribution in [-0.2, 0) is 17.8 Å². The highest BCUT2D eigenvalue weighted by atomic mass is 16.5. The fourth-order valence-corrected chi connectivity index (χ4v) is 5.79. The lowest BCUT2D eigenvalue weighted by Crippen LogP contribution is -2.45. The Bertz CT molecular complexity index is 1470. The van der Waals surface area contributed by atoms with E-state index in [1.165, 1.54) is 11.1 Å². The Morgan fingerprint density at radius 2 is 1.90 bits per heavy atom. The zero-order chi connectivity index (χ0) is 28.5. The maximum Gasteiger partial charge on any atom is 0.248 e. The molecule has 7 rings (SSSR count). The van der Waals surface area contributed by atoms with Crippen LogP contribution in [0.4, 0.5) is 5.82 Å². The molecule has 4 heterocycles. The van der Waals surface area contributed by atoms with Crippen LogP contribution in [0, 0.1) is 6.92 Å². The summed E-state index contributed by atoms with van der Waals surface area (Å²) < 4.78 is 11.8. The fraction of sp³-hybridized carbons (Fsp3) is 0.406. The van der Waals surface area contributed by atoms with Gasteiger partial charge in [-0.3, -0.25) is 14.5 Å². The Hall–Kier alpha value is -3.95. The number of amides is 2. The van der Waals surface area contributed by atoms with E-state index in [-0.39, 0.29) is 11.8 Å². The monoisotopic (exact) mass is 555 g/mol. The smallest absolute Gasteiger partial charge is 0.248 e. The van der Waals surface area contributed by atoms with E-state index in [1.807, 2.05) is 43.3 Å². The first-order valence-corrected chi connectivity index (χ1v) is 14.5. The molecule has 1 aromatic heterocycles. The molecule has 0 bridgehead atoms. The van der Waals surface area contributed by atoms with Gasteiger partial charge in [-0.05, 0) is 73.8 Å². The molecule has 2 atom stereocenters. The van der Waals surface area contributed by atoms with Crippen molar-refractivity contribution in [1.82, 2.24) is 14.8 Å². The molecule has 2 unspecified atom stereocenters. The topological polar surface area (TPSA) is 110 Å². The van der Waals surface area contributed by atoms with Crippen LogP contribution in [0.15, 0.2) is 48.7 Å². The van der Waals surface area contributed by atoms with Crippen LogP contribution in [0.1, 0.15) is 58.3 Å². The number of nitrogens with zero attached hydrogens (tertiary/aromatic N) is 3. The Balaban J connectivity index is 0.000000150. The minimum Gasteiger partial charge on any atom is -0.489 e. The highest BCUT2D eigenvalue weighted by Gasteiger charge is 2.48. The third kappa shape index (κ3) is 6.06. The number of aromatic nitrogens is 1. The maximum absolute atomic E-state index is 11.5. The number of aryl methyl sites for hydroxylation is 1. The third-order valence-electron chi connectivity index (χ3n) is 8.42.